The lowest BCUT2D eigenvalue weighted by atomic mass is 9.76. The topological polar surface area (TPSA) is 0 Å². The van der Waals surface area contributed by atoms with Crippen molar-refractivity contribution in [2.45, 2.75) is 50.6 Å². The third-order valence-electron chi connectivity index (χ3n) is 9.51. The van der Waals surface area contributed by atoms with E-state index in [4.69, 9.17) is 0 Å². The fourth-order valence-electron chi connectivity index (χ4n) is 7.40. The fourth-order valence-corrected chi connectivity index (χ4v) is 13.2. The SMILES string of the molecule is c1ccc(P(c2ccccc2)c2cc3ccc2CC[C@@H]2CC[C@H](CC3)[C@@H](P(c3ccccc3)c3ccccc3)C2)cc1. The molecule has 0 amide bonds. The Morgan fingerprint density at radius 2 is 1.02 bits per heavy atom. The molecule has 0 heterocycles. The Morgan fingerprint density at radius 1 is 0.476 bits per heavy atom. The molecule has 210 valence electrons. The first-order valence-electron chi connectivity index (χ1n) is 15.7. The van der Waals surface area contributed by atoms with E-state index in [1.807, 2.05) is 0 Å². The lowest BCUT2D eigenvalue weighted by Gasteiger charge is -2.42. The van der Waals surface area contributed by atoms with Gasteiger partial charge >= 0.3 is 0 Å². The Labute approximate surface area is 254 Å². The predicted octanol–water partition coefficient (Wildman–Crippen LogP) is 8.24. The highest BCUT2D eigenvalue weighted by molar-refractivity contribution is 7.80. The molecule has 5 aliphatic rings. The summed E-state index contributed by atoms with van der Waals surface area (Å²) in [5.74, 6) is 1.58. The van der Waals surface area contributed by atoms with Crippen LogP contribution in [-0.2, 0) is 12.8 Å². The van der Waals surface area contributed by atoms with Gasteiger partial charge < -0.3 is 0 Å². The van der Waals surface area contributed by atoms with Gasteiger partial charge in [0.05, 0.1) is 0 Å². The summed E-state index contributed by atoms with van der Waals surface area (Å²) in [5, 5.41) is 7.62. The third-order valence-corrected chi connectivity index (χ3v) is 15.0. The molecule has 5 aromatic rings. The maximum absolute atomic E-state index is 2.61. The van der Waals surface area contributed by atoms with E-state index in [1.54, 1.807) is 21.5 Å². The molecular weight excluding hydrogens is 542 g/mol. The van der Waals surface area contributed by atoms with Gasteiger partial charge in [0.1, 0.15) is 0 Å². The minimum Gasteiger partial charge on any atom is -0.0622 e. The Balaban J connectivity index is 1.26. The number of benzene rings is 5. The predicted molar refractivity (Wildman–Crippen MR) is 185 cm³/mol. The van der Waals surface area contributed by atoms with Crippen LogP contribution in [-0.4, -0.2) is 5.66 Å². The van der Waals surface area contributed by atoms with Gasteiger partial charge in [-0.25, -0.2) is 0 Å². The van der Waals surface area contributed by atoms with E-state index in [9.17, 15) is 0 Å². The van der Waals surface area contributed by atoms with Crippen LogP contribution in [0.4, 0.5) is 0 Å². The standard InChI is InChI=1S/C40H40P2/c1-5-13-35(14-6-1)41(36-15-7-2-8-16-36)39-29-31-21-25-33(39)27-23-32-22-26-34(28-24-31)40(30-32)42(37-17-9-3-10-18-37)38-19-11-4-12-20-38/h1-21,25,29,32,34,40H,22-24,26-28,30H2/t32-,34+,40-/m0/s1. The summed E-state index contributed by atoms with van der Waals surface area (Å²) >= 11 is 0. The van der Waals surface area contributed by atoms with E-state index in [-0.39, 0.29) is 7.92 Å². The summed E-state index contributed by atoms with van der Waals surface area (Å²) < 4.78 is 0. The van der Waals surface area contributed by atoms with Crippen molar-refractivity contribution in [2.24, 2.45) is 11.8 Å². The first-order valence-corrected chi connectivity index (χ1v) is 18.5. The van der Waals surface area contributed by atoms with E-state index in [2.05, 4.69) is 140 Å². The summed E-state index contributed by atoms with van der Waals surface area (Å²) in [6.07, 6.45) is 9.11. The lowest BCUT2D eigenvalue weighted by Crippen LogP contribution is -2.35. The highest BCUT2D eigenvalue weighted by atomic mass is 31.1. The zero-order valence-electron chi connectivity index (χ0n) is 24.4. The maximum atomic E-state index is 2.61. The first-order chi connectivity index (χ1) is 20.8. The van der Waals surface area contributed by atoms with Gasteiger partial charge in [-0.1, -0.05) is 146 Å². The van der Waals surface area contributed by atoms with E-state index in [0.29, 0.717) is 0 Å². The summed E-state index contributed by atoms with van der Waals surface area (Å²) in [6.45, 7) is 0. The van der Waals surface area contributed by atoms with Crippen LogP contribution in [0, 0.1) is 11.8 Å². The zero-order valence-corrected chi connectivity index (χ0v) is 26.1. The normalized spacial score (nSPS) is 20.4. The third kappa shape index (κ3) is 6.04. The highest BCUT2D eigenvalue weighted by Crippen LogP contribution is 2.52. The summed E-state index contributed by atoms with van der Waals surface area (Å²) in [6, 6.07) is 53.1. The van der Waals surface area contributed by atoms with Crippen molar-refractivity contribution < 1.29 is 0 Å². The molecule has 4 bridgehead atoms. The average Bonchev–Trinajstić information content (AvgIpc) is 3.05. The smallest absolute Gasteiger partial charge is 0.00977 e. The van der Waals surface area contributed by atoms with Gasteiger partial charge in [-0.15, -0.1) is 0 Å². The molecule has 0 radical (unpaired) electrons. The van der Waals surface area contributed by atoms with Crippen LogP contribution in [0.5, 0.6) is 0 Å². The molecule has 5 aromatic carbocycles. The van der Waals surface area contributed by atoms with Gasteiger partial charge in [-0.3, -0.25) is 0 Å². The van der Waals surface area contributed by atoms with Crippen molar-refractivity contribution in [1.29, 1.82) is 0 Å². The molecule has 0 unspecified atom stereocenters. The monoisotopic (exact) mass is 582 g/mol. The van der Waals surface area contributed by atoms with E-state index in [1.165, 1.54) is 61.1 Å². The van der Waals surface area contributed by atoms with Gasteiger partial charge in [-0.05, 0) is 110 Å². The Kier molecular flexibility index (Phi) is 8.65. The van der Waals surface area contributed by atoms with Crippen LogP contribution >= 0.6 is 15.8 Å². The largest absolute Gasteiger partial charge is 0.0622 e. The van der Waals surface area contributed by atoms with Crippen molar-refractivity contribution in [3.05, 3.63) is 151 Å². The quantitative estimate of drug-likeness (QED) is 0.177. The molecule has 0 N–H and O–H groups in total. The van der Waals surface area contributed by atoms with Crippen LogP contribution in [0.3, 0.4) is 0 Å². The van der Waals surface area contributed by atoms with Gasteiger partial charge in [-0.2, -0.15) is 0 Å². The van der Waals surface area contributed by atoms with Crippen molar-refractivity contribution in [3.8, 4) is 0 Å². The summed E-state index contributed by atoms with van der Waals surface area (Å²) in [4.78, 5) is 0. The highest BCUT2D eigenvalue weighted by Gasteiger charge is 2.37. The van der Waals surface area contributed by atoms with Crippen molar-refractivity contribution in [1.82, 2.24) is 0 Å². The molecule has 5 aliphatic carbocycles. The van der Waals surface area contributed by atoms with Gasteiger partial charge in [0.2, 0.25) is 0 Å². The fraction of sp³-hybridized carbons (Fsp3) is 0.250. The van der Waals surface area contributed by atoms with Crippen molar-refractivity contribution in [2.75, 3.05) is 0 Å². The van der Waals surface area contributed by atoms with Crippen LogP contribution in [0.25, 0.3) is 0 Å². The molecule has 10 rings (SSSR count). The molecule has 2 heteroatoms. The Morgan fingerprint density at radius 3 is 1.60 bits per heavy atom. The van der Waals surface area contributed by atoms with Crippen molar-refractivity contribution >= 4 is 42.4 Å². The zero-order chi connectivity index (χ0) is 28.1. The van der Waals surface area contributed by atoms with E-state index < -0.39 is 7.92 Å². The molecule has 1 fully saturated rings. The van der Waals surface area contributed by atoms with Gasteiger partial charge in [0.25, 0.3) is 0 Å². The van der Waals surface area contributed by atoms with Gasteiger partial charge in [0, 0.05) is 0 Å². The van der Waals surface area contributed by atoms with E-state index >= 15 is 0 Å². The summed E-state index contributed by atoms with van der Waals surface area (Å²) in [7, 11) is -0.962. The number of rotatable bonds is 6. The molecule has 0 nitrogen and oxygen atoms in total. The molecule has 1 saturated carbocycles. The molecule has 0 aromatic heterocycles. The molecule has 42 heavy (non-hydrogen) atoms. The van der Waals surface area contributed by atoms with Crippen LogP contribution in [0.15, 0.2) is 140 Å². The molecular formula is C40H40P2. The second-order valence-electron chi connectivity index (χ2n) is 12.1. The summed E-state index contributed by atoms with van der Waals surface area (Å²) in [5.41, 5.74) is 3.86. The molecule has 0 aliphatic heterocycles. The second-order valence-corrected chi connectivity index (χ2v) is 16.7. The van der Waals surface area contributed by atoms with Crippen LogP contribution < -0.4 is 26.5 Å². The lowest BCUT2D eigenvalue weighted by molar-refractivity contribution is 0.260. The Hall–Kier alpha value is -3.04. The number of hydrogen-bond donors (Lipinski definition) is 0. The minimum absolute atomic E-state index is 0.382. The van der Waals surface area contributed by atoms with Crippen LogP contribution in [0.1, 0.15) is 43.2 Å². The van der Waals surface area contributed by atoms with Gasteiger partial charge in [0.15, 0.2) is 0 Å². The minimum atomic E-state index is -0.580. The first kappa shape index (κ1) is 27.8. The second kappa shape index (κ2) is 13.1. The maximum Gasteiger partial charge on any atom is -0.00977 e. The van der Waals surface area contributed by atoms with Crippen LogP contribution in [0.2, 0.25) is 0 Å². The number of hydrogen-bond acceptors (Lipinski definition) is 0. The molecule has 0 saturated heterocycles. The van der Waals surface area contributed by atoms with Crippen molar-refractivity contribution in [3.63, 3.8) is 0 Å². The number of aryl methyl sites for hydroxylation is 2. The average molecular weight is 583 g/mol. The Bertz CT molecular complexity index is 1490. The van der Waals surface area contributed by atoms with E-state index in [0.717, 1.165) is 17.5 Å². The molecule has 0 spiro atoms. The molecule has 3 atom stereocenters.